The zero-order chi connectivity index (χ0) is 12.4. The van der Waals surface area contributed by atoms with Gasteiger partial charge in [-0.2, -0.15) is 5.26 Å². The minimum absolute atomic E-state index is 0.422. The lowest BCUT2D eigenvalue weighted by atomic mass is 9.98. The van der Waals surface area contributed by atoms with Crippen molar-refractivity contribution in [2.75, 3.05) is 18.4 Å². The molecule has 2 unspecified atom stereocenters. The van der Waals surface area contributed by atoms with E-state index in [4.69, 9.17) is 5.26 Å². The van der Waals surface area contributed by atoms with E-state index in [2.05, 4.69) is 20.2 Å². The predicted molar refractivity (Wildman–Crippen MR) is 68.0 cm³/mol. The van der Waals surface area contributed by atoms with E-state index in [1.54, 1.807) is 12.3 Å². The monoisotopic (exact) mass is 243 g/mol. The van der Waals surface area contributed by atoms with Crippen molar-refractivity contribution in [3.63, 3.8) is 0 Å². The molecule has 0 spiro atoms. The third kappa shape index (κ3) is 2.29. The summed E-state index contributed by atoms with van der Waals surface area (Å²) in [6.45, 7) is 2.43. The van der Waals surface area contributed by atoms with Crippen LogP contribution in [0, 0.1) is 11.3 Å². The first kappa shape index (κ1) is 11.4. The van der Waals surface area contributed by atoms with E-state index in [9.17, 15) is 0 Å². The van der Waals surface area contributed by atoms with Gasteiger partial charge in [0.2, 0.25) is 5.95 Å². The molecule has 1 aromatic heterocycles. The molecule has 18 heavy (non-hydrogen) atoms. The average molecular weight is 243 g/mol. The van der Waals surface area contributed by atoms with Gasteiger partial charge in [0, 0.05) is 24.8 Å². The molecule has 3 heterocycles. The highest BCUT2D eigenvalue weighted by Crippen LogP contribution is 2.27. The number of nitrogens with one attached hydrogen (secondary N) is 1. The highest BCUT2D eigenvalue weighted by Gasteiger charge is 2.31. The van der Waals surface area contributed by atoms with Gasteiger partial charge in [-0.25, -0.2) is 9.97 Å². The normalized spacial score (nSPS) is 27.5. The number of nitriles is 1. The minimum Gasteiger partial charge on any atom is -0.351 e. The Morgan fingerprint density at radius 2 is 2.33 bits per heavy atom. The van der Waals surface area contributed by atoms with Crippen molar-refractivity contribution in [1.29, 1.82) is 5.26 Å². The van der Waals surface area contributed by atoms with Crippen LogP contribution in [0.4, 0.5) is 5.95 Å². The largest absolute Gasteiger partial charge is 0.351 e. The Hall–Kier alpha value is -1.67. The Morgan fingerprint density at radius 1 is 1.39 bits per heavy atom. The Bertz CT molecular complexity index is 467. The van der Waals surface area contributed by atoms with Crippen LogP contribution in [0.25, 0.3) is 0 Å². The maximum atomic E-state index is 8.82. The summed E-state index contributed by atoms with van der Waals surface area (Å²) in [5, 5.41) is 12.2. The molecule has 2 atom stereocenters. The quantitative estimate of drug-likeness (QED) is 0.850. The maximum absolute atomic E-state index is 8.82. The summed E-state index contributed by atoms with van der Waals surface area (Å²) in [7, 11) is 0. The van der Waals surface area contributed by atoms with Gasteiger partial charge in [-0.05, 0) is 38.3 Å². The number of anilines is 1. The number of hydrogen-bond donors (Lipinski definition) is 1. The fourth-order valence-electron chi connectivity index (χ4n) is 3.03. The lowest BCUT2D eigenvalue weighted by molar-refractivity contribution is 0.188. The maximum Gasteiger partial charge on any atom is 0.224 e. The van der Waals surface area contributed by atoms with Crippen molar-refractivity contribution in [1.82, 2.24) is 14.9 Å². The topological polar surface area (TPSA) is 64.8 Å². The summed E-state index contributed by atoms with van der Waals surface area (Å²) in [6.07, 6.45) is 6.59. The second kappa shape index (κ2) is 4.91. The Kier molecular flexibility index (Phi) is 3.11. The van der Waals surface area contributed by atoms with Gasteiger partial charge in [0.05, 0.1) is 0 Å². The standard InChI is InChI=1S/C13H17N5/c14-9-11-3-5-15-13(17-11)16-10-4-7-18-6-1-2-12(18)8-10/h3,5,10,12H,1-2,4,6-8H2,(H,15,16,17). The smallest absolute Gasteiger partial charge is 0.224 e. The van der Waals surface area contributed by atoms with Crippen LogP contribution in [0.3, 0.4) is 0 Å². The molecule has 0 radical (unpaired) electrons. The van der Waals surface area contributed by atoms with Gasteiger partial charge in [-0.15, -0.1) is 0 Å². The van der Waals surface area contributed by atoms with Crippen LogP contribution in [0.5, 0.6) is 0 Å². The third-order valence-corrected chi connectivity index (χ3v) is 3.92. The Balaban J connectivity index is 1.64. The van der Waals surface area contributed by atoms with Gasteiger partial charge in [0.1, 0.15) is 11.8 Å². The number of nitrogens with zero attached hydrogens (tertiary/aromatic N) is 4. The van der Waals surface area contributed by atoms with E-state index >= 15 is 0 Å². The van der Waals surface area contributed by atoms with Crippen LogP contribution < -0.4 is 5.32 Å². The van der Waals surface area contributed by atoms with E-state index in [-0.39, 0.29) is 0 Å². The van der Waals surface area contributed by atoms with Crippen LogP contribution in [0.2, 0.25) is 0 Å². The van der Waals surface area contributed by atoms with E-state index in [0.29, 0.717) is 17.7 Å². The molecule has 2 saturated heterocycles. The molecule has 0 bridgehead atoms. The molecule has 5 heteroatoms. The SMILES string of the molecule is N#Cc1ccnc(NC2CCN3CCCC3C2)n1. The van der Waals surface area contributed by atoms with Gasteiger partial charge < -0.3 is 10.2 Å². The van der Waals surface area contributed by atoms with Crippen molar-refractivity contribution in [3.05, 3.63) is 18.0 Å². The lowest BCUT2D eigenvalue weighted by Crippen LogP contribution is -2.43. The predicted octanol–water partition coefficient (Wildman–Crippen LogP) is 1.39. The first-order valence-corrected chi connectivity index (χ1v) is 6.59. The van der Waals surface area contributed by atoms with Gasteiger partial charge >= 0.3 is 0 Å². The second-order valence-corrected chi connectivity index (χ2v) is 5.07. The Morgan fingerprint density at radius 3 is 3.22 bits per heavy atom. The molecule has 2 fully saturated rings. The summed E-state index contributed by atoms with van der Waals surface area (Å²) in [6, 6.07) is 4.85. The van der Waals surface area contributed by atoms with Crippen LogP contribution in [0.1, 0.15) is 31.4 Å². The first-order valence-electron chi connectivity index (χ1n) is 6.59. The molecule has 0 saturated carbocycles. The minimum atomic E-state index is 0.422. The number of fused-ring (bicyclic) bond motifs is 1. The lowest BCUT2D eigenvalue weighted by Gasteiger charge is -2.35. The Labute approximate surface area is 107 Å². The van der Waals surface area contributed by atoms with E-state index in [1.807, 2.05) is 6.07 Å². The highest BCUT2D eigenvalue weighted by molar-refractivity contribution is 5.31. The molecule has 5 nitrogen and oxygen atoms in total. The fourth-order valence-corrected chi connectivity index (χ4v) is 3.03. The number of piperidine rings is 1. The number of rotatable bonds is 2. The van der Waals surface area contributed by atoms with Crippen LogP contribution in [-0.4, -0.2) is 40.0 Å². The number of aromatic nitrogens is 2. The molecular formula is C13H17N5. The summed E-state index contributed by atoms with van der Waals surface area (Å²) in [4.78, 5) is 10.9. The fraction of sp³-hybridized carbons (Fsp3) is 0.615. The summed E-state index contributed by atoms with van der Waals surface area (Å²) in [5.74, 6) is 0.588. The van der Waals surface area contributed by atoms with Crippen molar-refractivity contribution in [3.8, 4) is 6.07 Å². The summed E-state index contributed by atoms with van der Waals surface area (Å²) >= 11 is 0. The molecule has 3 rings (SSSR count). The van der Waals surface area contributed by atoms with E-state index in [1.165, 1.54) is 32.4 Å². The van der Waals surface area contributed by atoms with Crippen LogP contribution in [-0.2, 0) is 0 Å². The molecule has 1 aromatic rings. The highest BCUT2D eigenvalue weighted by atomic mass is 15.2. The second-order valence-electron chi connectivity index (χ2n) is 5.07. The molecular weight excluding hydrogens is 226 g/mol. The van der Waals surface area contributed by atoms with Gasteiger partial charge in [0.15, 0.2) is 0 Å². The zero-order valence-corrected chi connectivity index (χ0v) is 10.3. The summed E-state index contributed by atoms with van der Waals surface area (Å²) in [5.41, 5.74) is 0.422. The molecule has 0 amide bonds. The van der Waals surface area contributed by atoms with E-state index < -0.39 is 0 Å². The van der Waals surface area contributed by atoms with Gasteiger partial charge in [-0.3, -0.25) is 0 Å². The van der Waals surface area contributed by atoms with Crippen molar-refractivity contribution >= 4 is 5.95 Å². The molecule has 94 valence electrons. The molecule has 0 aliphatic carbocycles. The zero-order valence-electron chi connectivity index (χ0n) is 10.3. The van der Waals surface area contributed by atoms with Crippen LogP contribution in [0.15, 0.2) is 12.3 Å². The van der Waals surface area contributed by atoms with Crippen molar-refractivity contribution < 1.29 is 0 Å². The van der Waals surface area contributed by atoms with Crippen LogP contribution >= 0.6 is 0 Å². The third-order valence-electron chi connectivity index (χ3n) is 3.92. The number of hydrogen-bond acceptors (Lipinski definition) is 5. The van der Waals surface area contributed by atoms with Crippen molar-refractivity contribution in [2.45, 2.75) is 37.8 Å². The summed E-state index contributed by atoms with van der Waals surface area (Å²) < 4.78 is 0. The first-order chi connectivity index (χ1) is 8.85. The van der Waals surface area contributed by atoms with Crippen molar-refractivity contribution in [2.24, 2.45) is 0 Å². The molecule has 2 aliphatic heterocycles. The molecule has 1 N–H and O–H groups in total. The average Bonchev–Trinajstić information content (AvgIpc) is 2.86. The van der Waals surface area contributed by atoms with E-state index in [0.717, 1.165) is 12.5 Å². The van der Waals surface area contributed by atoms with Gasteiger partial charge in [-0.1, -0.05) is 0 Å². The van der Waals surface area contributed by atoms with Gasteiger partial charge in [0.25, 0.3) is 0 Å². The molecule has 0 aromatic carbocycles. The molecule has 2 aliphatic rings.